The van der Waals surface area contributed by atoms with Crippen LogP contribution in [0.25, 0.3) is 0 Å². The van der Waals surface area contributed by atoms with Crippen molar-refractivity contribution in [2.75, 3.05) is 31.1 Å². The van der Waals surface area contributed by atoms with E-state index in [9.17, 15) is 18.5 Å². The van der Waals surface area contributed by atoms with Gasteiger partial charge < -0.3 is 9.42 Å². The molecule has 0 bridgehead atoms. The number of hydrogen-bond donors (Lipinski definition) is 1. The zero-order valence-corrected chi connectivity index (χ0v) is 19.9. The van der Waals surface area contributed by atoms with Gasteiger partial charge in [0, 0.05) is 50.9 Å². The molecule has 2 heterocycles. The van der Waals surface area contributed by atoms with E-state index in [1.165, 1.54) is 12.1 Å². The highest BCUT2D eigenvalue weighted by molar-refractivity contribution is 7.89. The van der Waals surface area contributed by atoms with Gasteiger partial charge in [-0.2, -0.15) is 0 Å². The molecule has 0 amide bonds. The molecule has 1 aliphatic carbocycles. The summed E-state index contributed by atoms with van der Waals surface area (Å²) in [6.07, 6.45) is 3.54. The second kappa shape index (κ2) is 9.78. The normalized spacial score (nSPS) is 22.4. The van der Waals surface area contributed by atoms with Crippen LogP contribution in [0.5, 0.6) is 0 Å². The molecule has 2 aromatic rings. The van der Waals surface area contributed by atoms with Gasteiger partial charge in [0.15, 0.2) is 0 Å². The van der Waals surface area contributed by atoms with E-state index in [4.69, 9.17) is 4.52 Å². The first kappa shape index (κ1) is 23.7. The molecule has 4 rings (SSSR count). The van der Waals surface area contributed by atoms with E-state index in [0.29, 0.717) is 44.3 Å². The predicted molar refractivity (Wildman–Crippen MR) is 124 cm³/mol. The Morgan fingerprint density at radius 3 is 2.45 bits per heavy atom. The Bertz CT molecular complexity index is 1090. The Balaban J connectivity index is 1.44. The Kier molecular flexibility index (Phi) is 7.01. The summed E-state index contributed by atoms with van der Waals surface area (Å²) >= 11 is 0. The summed E-state index contributed by atoms with van der Waals surface area (Å²) < 4.78 is 33.6. The van der Waals surface area contributed by atoms with E-state index < -0.39 is 14.9 Å². The highest BCUT2D eigenvalue weighted by atomic mass is 32.2. The van der Waals surface area contributed by atoms with Gasteiger partial charge in [0.2, 0.25) is 10.0 Å². The molecule has 10 nitrogen and oxygen atoms in total. The summed E-state index contributed by atoms with van der Waals surface area (Å²) in [5, 5.41) is 15.8. The zero-order valence-electron chi connectivity index (χ0n) is 19.1. The molecule has 1 N–H and O–H groups in total. The van der Waals surface area contributed by atoms with E-state index in [0.717, 1.165) is 37.1 Å². The number of piperazine rings is 1. The largest absolute Gasteiger partial charge is 0.363 e. The number of aromatic nitrogens is 1. The van der Waals surface area contributed by atoms with Gasteiger partial charge in [-0.25, -0.2) is 13.1 Å². The molecule has 2 fully saturated rings. The topological polar surface area (TPSA) is 122 Å². The zero-order chi connectivity index (χ0) is 23.6. The van der Waals surface area contributed by atoms with Crippen molar-refractivity contribution in [2.24, 2.45) is 5.92 Å². The van der Waals surface area contributed by atoms with Crippen LogP contribution in [0.15, 0.2) is 33.7 Å². The highest BCUT2D eigenvalue weighted by Crippen LogP contribution is 2.32. The van der Waals surface area contributed by atoms with Crippen LogP contribution in [-0.4, -0.2) is 55.6 Å². The van der Waals surface area contributed by atoms with Gasteiger partial charge in [-0.15, -0.1) is 0 Å². The van der Waals surface area contributed by atoms with Crippen LogP contribution in [0.3, 0.4) is 0 Å². The Labute approximate surface area is 194 Å². The number of anilines is 1. The van der Waals surface area contributed by atoms with Gasteiger partial charge in [-0.1, -0.05) is 12.1 Å². The first-order chi connectivity index (χ1) is 15.7. The van der Waals surface area contributed by atoms with Crippen LogP contribution >= 0.6 is 0 Å². The molecular formula is C22H31N5O5S. The van der Waals surface area contributed by atoms with E-state index in [2.05, 4.69) is 21.7 Å². The maximum Gasteiger partial charge on any atom is 0.293 e. The summed E-state index contributed by atoms with van der Waals surface area (Å²) in [5.41, 5.74) is 1.12. The number of nitrogens with one attached hydrogen (secondary N) is 1. The lowest BCUT2D eigenvalue weighted by Crippen LogP contribution is -2.46. The molecule has 180 valence electrons. The summed E-state index contributed by atoms with van der Waals surface area (Å²) in [6, 6.07) is 6.00. The van der Waals surface area contributed by atoms with E-state index in [1.54, 1.807) is 6.07 Å². The van der Waals surface area contributed by atoms with E-state index in [1.807, 2.05) is 17.9 Å². The first-order valence-corrected chi connectivity index (χ1v) is 12.9. The molecular weight excluding hydrogens is 446 g/mol. The van der Waals surface area contributed by atoms with E-state index >= 15 is 0 Å². The molecule has 1 aromatic heterocycles. The Morgan fingerprint density at radius 2 is 1.85 bits per heavy atom. The maximum absolute atomic E-state index is 12.9. The number of benzene rings is 1. The predicted octanol–water partition coefficient (Wildman–Crippen LogP) is 3.07. The molecule has 0 radical (unpaired) electrons. The molecule has 0 atom stereocenters. The third kappa shape index (κ3) is 5.71. The minimum absolute atomic E-state index is 0.0587. The third-order valence-corrected chi connectivity index (χ3v) is 8.09. The Hall–Kier alpha value is -2.50. The Morgan fingerprint density at radius 1 is 1.15 bits per heavy atom. The number of sulfonamides is 1. The first-order valence-electron chi connectivity index (χ1n) is 11.4. The van der Waals surface area contributed by atoms with Crippen LogP contribution in [0, 0.1) is 23.0 Å². The molecule has 2 aliphatic rings. The van der Waals surface area contributed by atoms with Crippen LogP contribution in [0.4, 0.5) is 11.4 Å². The van der Waals surface area contributed by atoms with Gasteiger partial charge in [0.1, 0.15) is 11.4 Å². The standard InChI is InChI=1S/C22H31N5O5S/c1-16-3-5-18(6-4-16)24-33(30,31)20-7-8-21(22(14-20)27(28)29)26-11-9-25(10-12-26)15-19-13-17(2)32-23-19/h7-8,13-14,16,18,24H,3-6,9-12,15H2,1-2H3. The minimum Gasteiger partial charge on any atom is -0.363 e. The number of hydrogen-bond acceptors (Lipinski definition) is 8. The smallest absolute Gasteiger partial charge is 0.293 e. The van der Waals surface area contributed by atoms with Crippen molar-refractivity contribution >= 4 is 21.4 Å². The fourth-order valence-corrected chi connectivity index (χ4v) is 5.94. The molecule has 1 aliphatic heterocycles. The summed E-state index contributed by atoms with van der Waals surface area (Å²) in [6.45, 7) is 7.31. The van der Waals surface area contributed by atoms with Gasteiger partial charge in [-0.05, 0) is 50.7 Å². The number of nitro groups is 1. The van der Waals surface area contributed by atoms with Crippen molar-refractivity contribution in [1.29, 1.82) is 0 Å². The van der Waals surface area contributed by atoms with Crippen molar-refractivity contribution in [3.8, 4) is 0 Å². The lowest BCUT2D eigenvalue weighted by atomic mass is 9.88. The average Bonchev–Trinajstić information content (AvgIpc) is 3.20. The van der Waals surface area contributed by atoms with Crippen molar-refractivity contribution in [1.82, 2.24) is 14.8 Å². The molecule has 33 heavy (non-hydrogen) atoms. The summed E-state index contributed by atoms with van der Waals surface area (Å²) in [5.74, 6) is 1.37. The SMILES string of the molecule is Cc1cc(CN2CCN(c3ccc(S(=O)(=O)NC4CCC(C)CC4)cc3[N+](=O)[O-])CC2)no1. The van der Waals surface area contributed by atoms with Crippen molar-refractivity contribution < 1.29 is 17.9 Å². The van der Waals surface area contributed by atoms with Crippen LogP contribution in [0.2, 0.25) is 0 Å². The molecule has 1 saturated heterocycles. The maximum atomic E-state index is 12.9. The fraction of sp³-hybridized carbons (Fsp3) is 0.591. The molecule has 1 saturated carbocycles. The van der Waals surface area contributed by atoms with Gasteiger partial charge >= 0.3 is 0 Å². The monoisotopic (exact) mass is 477 g/mol. The van der Waals surface area contributed by atoms with Crippen LogP contribution < -0.4 is 9.62 Å². The fourth-order valence-electron chi connectivity index (χ4n) is 4.62. The second-order valence-corrected chi connectivity index (χ2v) is 10.9. The average molecular weight is 478 g/mol. The highest BCUT2D eigenvalue weighted by Gasteiger charge is 2.29. The molecule has 1 aromatic carbocycles. The van der Waals surface area contributed by atoms with Gasteiger partial charge in [0.05, 0.1) is 15.5 Å². The lowest BCUT2D eigenvalue weighted by molar-refractivity contribution is -0.384. The van der Waals surface area contributed by atoms with Crippen LogP contribution in [0.1, 0.15) is 44.1 Å². The number of nitrogens with zero attached hydrogens (tertiary/aromatic N) is 4. The quantitative estimate of drug-likeness (QED) is 0.477. The van der Waals surface area contributed by atoms with Crippen LogP contribution in [-0.2, 0) is 16.6 Å². The number of rotatable bonds is 7. The third-order valence-electron chi connectivity index (χ3n) is 6.57. The van der Waals surface area contributed by atoms with E-state index in [-0.39, 0.29) is 16.6 Å². The number of nitro benzene ring substituents is 1. The molecule has 11 heteroatoms. The van der Waals surface area contributed by atoms with Gasteiger partial charge in [-0.3, -0.25) is 15.0 Å². The molecule has 0 unspecified atom stereocenters. The summed E-state index contributed by atoms with van der Waals surface area (Å²) in [4.78, 5) is 15.4. The second-order valence-electron chi connectivity index (χ2n) is 9.18. The van der Waals surface area contributed by atoms with Crippen molar-refractivity contribution in [3.05, 3.63) is 45.8 Å². The van der Waals surface area contributed by atoms with Crippen molar-refractivity contribution in [2.45, 2.75) is 57.0 Å². The lowest BCUT2D eigenvalue weighted by Gasteiger charge is -2.35. The summed E-state index contributed by atoms with van der Waals surface area (Å²) in [7, 11) is -3.82. The molecule has 0 spiro atoms. The number of aryl methyl sites for hydroxylation is 1. The minimum atomic E-state index is -3.82. The van der Waals surface area contributed by atoms with Crippen molar-refractivity contribution in [3.63, 3.8) is 0 Å². The van der Waals surface area contributed by atoms with Gasteiger partial charge in [0.25, 0.3) is 5.69 Å².